The van der Waals surface area contributed by atoms with Crippen LogP contribution < -0.4 is 5.32 Å². The molecule has 2 heterocycles. The van der Waals surface area contributed by atoms with Crippen LogP contribution in [0.5, 0.6) is 0 Å². The smallest absolute Gasteiger partial charge is 0.0409 e. The quantitative estimate of drug-likeness (QED) is 0.811. The zero-order chi connectivity index (χ0) is 9.97. The zero-order valence-corrected chi connectivity index (χ0v) is 9.68. The van der Waals surface area contributed by atoms with Gasteiger partial charge in [0.15, 0.2) is 0 Å². The van der Waals surface area contributed by atoms with E-state index < -0.39 is 0 Å². The maximum atomic E-state index is 4.21. The molecular formula is C11H18N2S. The minimum absolute atomic E-state index is 0.740. The van der Waals surface area contributed by atoms with Gasteiger partial charge in [-0.1, -0.05) is 13.8 Å². The summed E-state index contributed by atoms with van der Waals surface area (Å²) in [5.74, 6) is 2.28. The van der Waals surface area contributed by atoms with Crippen LogP contribution in [0.15, 0.2) is 12.3 Å². The molecule has 2 nitrogen and oxygen atoms in total. The van der Waals surface area contributed by atoms with E-state index in [0.29, 0.717) is 0 Å². The summed E-state index contributed by atoms with van der Waals surface area (Å²) in [6.45, 7) is 6.98. The fourth-order valence-corrected chi connectivity index (χ4v) is 3.15. The van der Waals surface area contributed by atoms with Crippen molar-refractivity contribution in [3.8, 4) is 0 Å². The molecule has 0 radical (unpaired) electrons. The van der Waals surface area contributed by atoms with Crippen LogP contribution in [0.25, 0.3) is 0 Å². The second-order valence-electron chi connectivity index (χ2n) is 4.42. The van der Waals surface area contributed by atoms with Gasteiger partial charge in [0.05, 0.1) is 0 Å². The average molecular weight is 210 g/mol. The Morgan fingerprint density at radius 2 is 2.43 bits per heavy atom. The Morgan fingerprint density at radius 3 is 3.07 bits per heavy atom. The molecule has 1 aliphatic rings. The fraction of sp³-hybridized carbons (Fsp3) is 0.727. The van der Waals surface area contributed by atoms with Crippen LogP contribution >= 0.6 is 11.5 Å². The number of hydrogen-bond donors (Lipinski definition) is 1. The maximum Gasteiger partial charge on any atom is 0.0409 e. The molecule has 1 aromatic rings. The summed E-state index contributed by atoms with van der Waals surface area (Å²) in [7, 11) is 0. The van der Waals surface area contributed by atoms with Gasteiger partial charge in [-0.2, -0.15) is 0 Å². The molecule has 3 heteroatoms. The van der Waals surface area contributed by atoms with Gasteiger partial charge in [0.25, 0.3) is 0 Å². The Kier molecular flexibility index (Phi) is 3.19. The third-order valence-corrected chi connectivity index (χ3v) is 4.09. The first-order chi connectivity index (χ1) is 6.79. The second kappa shape index (κ2) is 4.41. The fourth-order valence-electron chi connectivity index (χ4n) is 2.35. The summed E-state index contributed by atoms with van der Waals surface area (Å²) >= 11 is 1.67. The third kappa shape index (κ3) is 1.98. The van der Waals surface area contributed by atoms with Crippen LogP contribution in [0.1, 0.15) is 31.1 Å². The summed E-state index contributed by atoms with van der Waals surface area (Å²) in [6.07, 6.45) is 3.20. The lowest BCUT2D eigenvalue weighted by atomic mass is 9.78. The van der Waals surface area contributed by atoms with Crippen LogP contribution in [0.3, 0.4) is 0 Å². The highest BCUT2D eigenvalue weighted by molar-refractivity contribution is 7.05. The van der Waals surface area contributed by atoms with Crippen molar-refractivity contribution in [2.75, 3.05) is 13.1 Å². The van der Waals surface area contributed by atoms with E-state index in [4.69, 9.17) is 0 Å². The predicted molar refractivity (Wildman–Crippen MR) is 60.7 cm³/mol. The number of rotatable bonds is 2. The van der Waals surface area contributed by atoms with E-state index in [-0.39, 0.29) is 0 Å². The second-order valence-corrected chi connectivity index (χ2v) is 5.29. The Hall–Kier alpha value is -0.410. The van der Waals surface area contributed by atoms with Crippen molar-refractivity contribution in [3.63, 3.8) is 0 Å². The van der Waals surface area contributed by atoms with Gasteiger partial charge in [0.1, 0.15) is 0 Å². The van der Waals surface area contributed by atoms with Crippen LogP contribution in [0.2, 0.25) is 0 Å². The Balaban J connectivity index is 2.14. The van der Waals surface area contributed by atoms with Crippen LogP contribution in [-0.4, -0.2) is 17.5 Å². The maximum absolute atomic E-state index is 4.21. The molecule has 1 saturated heterocycles. The van der Waals surface area contributed by atoms with E-state index in [1.54, 1.807) is 11.5 Å². The first kappa shape index (κ1) is 10.1. The van der Waals surface area contributed by atoms with E-state index in [2.05, 4.69) is 29.6 Å². The Labute approximate surface area is 89.9 Å². The molecule has 2 atom stereocenters. The molecule has 0 bridgehead atoms. The highest BCUT2D eigenvalue weighted by Gasteiger charge is 2.29. The standard InChI is InChI=1S/C11H18N2S/c1-8(2)10-7-12-5-3-9(10)11-4-6-13-14-11/h4,6,8-10,12H,3,5,7H2,1-2H3. The molecule has 1 aromatic heterocycles. The van der Waals surface area contributed by atoms with Crippen molar-refractivity contribution in [1.29, 1.82) is 0 Å². The Morgan fingerprint density at radius 1 is 1.57 bits per heavy atom. The van der Waals surface area contributed by atoms with E-state index in [0.717, 1.165) is 24.3 Å². The lowest BCUT2D eigenvalue weighted by Gasteiger charge is -2.34. The molecule has 1 aliphatic heterocycles. The van der Waals surface area contributed by atoms with Crippen molar-refractivity contribution in [3.05, 3.63) is 17.1 Å². The normalized spacial score (nSPS) is 28.2. The average Bonchev–Trinajstić information content (AvgIpc) is 2.70. The van der Waals surface area contributed by atoms with Crippen LogP contribution in [0.4, 0.5) is 0 Å². The van der Waals surface area contributed by atoms with Crippen molar-refractivity contribution >= 4 is 11.5 Å². The molecule has 1 N–H and O–H groups in total. The van der Waals surface area contributed by atoms with Crippen molar-refractivity contribution in [2.24, 2.45) is 11.8 Å². The van der Waals surface area contributed by atoms with Gasteiger partial charge < -0.3 is 5.32 Å². The minimum Gasteiger partial charge on any atom is -0.316 e. The van der Waals surface area contributed by atoms with Crippen molar-refractivity contribution < 1.29 is 0 Å². The summed E-state index contributed by atoms with van der Waals surface area (Å²) < 4.78 is 4.21. The van der Waals surface area contributed by atoms with E-state index in [1.807, 2.05) is 6.20 Å². The molecule has 2 unspecified atom stereocenters. The van der Waals surface area contributed by atoms with Crippen molar-refractivity contribution in [1.82, 2.24) is 9.69 Å². The Bertz CT molecular complexity index is 269. The molecule has 78 valence electrons. The first-order valence-electron chi connectivity index (χ1n) is 5.40. The number of aromatic nitrogens is 1. The largest absolute Gasteiger partial charge is 0.316 e. The van der Waals surface area contributed by atoms with Gasteiger partial charge in [-0.05, 0) is 48.9 Å². The SMILES string of the molecule is CC(C)C1CNCCC1c1ccns1. The van der Waals surface area contributed by atoms with Crippen molar-refractivity contribution in [2.45, 2.75) is 26.2 Å². The topological polar surface area (TPSA) is 24.9 Å². The van der Waals surface area contributed by atoms with Gasteiger partial charge in [0, 0.05) is 17.0 Å². The molecule has 0 saturated carbocycles. The molecule has 2 rings (SSSR count). The molecule has 1 fully saturated rings. The highest BCUT2D eigenvalue weighted by atomic mass is 32.1. The van der Waals surface area contributed by atoms with E-state index >= 15 is 0 Å². The molecule has 0 aromatic carbocycles. The summed E-state index contributed by atoms with van der Waals surface area (Å²) in [5, 5.41) is 3.49. The lowest BCUT2D eigenvalue weighted by Crippen LogP contribution is -2.37. The number of nitrogens with one attached hydrogen (secondary N) is 1. The molecule has 0 amide bonds. The van der Waals surface area contributed by atoms with Gasteiger partial charge >= 0.3 is 0 Å². The summed E-state index contributed by atoms with van der Waals surface area (Å²) in [6, 6.07) is 2.19. The van der Waals surface area contributed by atoms with Gasteiger partial charge in [-0.3, -0.25) is 0 Å². The van der Waals surface area contributed by atoms with E-state index in [1.165, 1.54) is 17.8 Å². The van der Waals surface area contributed by atoms with Gasteiger partial charge in [-0.15, -0.1) is 0 Å². The highest BCUT2D eigenvalue weighted by Crippen LogP contribution is 2.36. The number of nitrogens with zero attached hydrogens (tertiary/aromatic N) is 1. The third-order valence-electron chi connectivity index (χ3n) is 3.21. The minimum atomic E-state index is 0.740. The summed E-state index contributed by atoms with van der Waals surface area (Å²) in [5.41, 5.74) is 0. The lowest BCUT2D eigenvalue weighted by molar-refractivity contribution is 0.258. The molecular weight excluding hydrogens is 192 g/mol. The first-order valence-corrected chi connectivity index (χ1v) is 6.17. The van der Waals surface area contributed by atoms with Gasteiger partial charge in [-0.25, -0.2) is 4.37 Å². The van der Waals surface area contributed by atoms with Crippen LogP contribution in [0, 0.1) is 11.8 Å². The zero-order valence-electron chi connectivity index (χ0n) is 8.86. The van der Waals surface area contributed by atoms with Crippen LogP contribution in [-0.2, 0) is 0 Å². The monoisotopic (exact) mass is 210 g/mol. The molecule has 0 spiro atoms. The number of hydrogen-bond acceptors (Lipinski definition) is 3. The number of piperidine rings is 1. The molecule has 14 heavy (non-hydrogen) atoms. The van der Waals surface area contributed by atoms with E-state index in [9.17, 15) is 0 Å². The molecule has 0 aliphatic carbocycles. The summed E-state index contributed by atoms with van der Waals surface area (Å²) in [4.78, 5) is 1.48. The predicted octanol–water partition coefficient (Wildman–Crippen LogP) is 2.49. The van der Waals surface area contributed by atoms with Gasteiger partial charge in [0.2, 0.25) is 0 Å².